The van der Waals surface area contributed by atoms with Crippen LogP contribution in [0.1, 0.15) is 11.1 Å². The number of rotatable bonds is 4. The Morgan fingerprint density at radius 2 is 1.84 bits per heavy atom. The summed E-state index contributed by atoms with van der Waals surface area (Å²) in [7, 11) is 0. The van der Waals surface area contributed by atoms with Gasteiger partial charge < -0.3 is 16.2 Å². The van der Waals surface area contributed by atoms with Crippen molar-refractivity contribution in [1.82, 2.24) is 4.98 Å². The molecule has 0 aliphatic rings. The fraction of sp³-hybridized carbons (Fsp3) is 0.267. The molecule has 1 aromatic carbocycles. The first-order valence-electron chi connectivity index (χ1n) is 6.29. The van der Waals surface area contributed by atoms with Crippen molar-refractivity contribution in [1.29, 1.82) is 0 Å². The zero-order valence-electron chi connectivity index (χ0n) is 11.3. The molecule has 0 saturated heterocycles. The van der Waals surface area contributed by atoms with Gasteiger partial charge in [-0.3, -0.25) is 0 Å². The monoisotopic (exact) mass is 257 g/mol. The number of benzene rings is 1. The Balaban J connectivity index is 2.42. The maximum atomic E-state index is 5.74. The highest BCUT2D eigenvalue weighted by atomic mass is 16.5. The molecule has 1 heterocycles. The predicted octanol–water partition coefficient (Wildman–Crippen LogP) is 2.29. The van der Waals surface area contributed by atoms with Gasteiger partial charge >= 0.3 is 0 Å². The van der Waals surface area contributed by atoms with E-state index < -0.39 is 0 Å². The molecule has 1 aromatic heterocycles. The number of anilines is 1. The van der Waals surface area contributed by atoms with Gasteiger partial charge in [0.15, 0.2) is 0 Å². The normalized spacial score (nSPS) is 10.5. The van der Waals surface area contributed by atoms with Crippen LogP contribution in [-0.2, 0) is 0 Å². The number of aromatic nitrogens is 1. The fourth-order valence-corrected chi connectivity index (χ4v) is 2.18. The van der Waals surface area contributed by atoms with Gasteiger partial charge in [0, 0.05) is 12.1 Å². The first-order valence-corrected chi connectivity index (χ1v) is 6.29. The maximum absolute atomic E-state index is 5.74. The Hall–Kier alpha value is -2.07. The standard InChI is InChI=1S/C15H19N3O/c1-10-8-12(19-7-6-16)9-11(2)15(10)13-4-3-5-14(17)18-13/h3-5,8-9H,6-7,16H2,1-2H3,(H2,17,18). The second kappa shape index (κ2) is 5.71. The first kappa shape index (κ1) is 13.4. The van der Waals surface area contributed by atoms with Crippen molar-refractivity contribution in [3.05, 3.63) is 41.5 Å². The van der Waals surface area contributed by atoms with Crippen LogP contribution in [0.5, 0.6) is 5.75 Å². The summed E-state index contributed by atoms with van der Waals surface area (Å²) in [6.07, 6.45) is 0. The summed E-state index contributed by atoms with van der Waals surface area (Å²) in [4.78, 5) is 4.37. The smallest absolute Gasteiger partial charge is 0.124 e. The van der Waals surface area contributed by atoms with E-state index in [-0.39, 0.29) is 0 Å². The molecule has 4 heteroatoms. The molecule has 0 spiro atoms. The molecule has 100 valence electrons. The minimum Gasteiger partial charge on any atom is -0.492 e. The molecule has 19 heavy (non-hydrogen) atoms. The van der Waals surface area contributed by atoms with E-state index in [4.69, 9.17) is 16.2 Å². The summed E-state index contributed by atoms with van der Waals surface area (Å²) in [6.45, 7) is 5.12. The molecule has 0 unspecified atom stereocenters. The molecular weight excluding hydrogens is 238 g/mol. The number of hydrogen-bond donors (Lipinski definition) is 2. The van der Waals surface area contributed by atoms with Crippen LogP contribution in [0.3, 0.4) is 0 Å². The lowest BCUT2D eigenvalue weighted by Crippen LogP contribution is -2.10. The second-order valence-electron chi connectivity index (χ2n) is 4.52. The lowest BCUT2D eigenvalue weighted by Gasteiger charge is -2.13. The molecule has 0 atom stereocenters. The highest BCUT2D eigenvalue weighted by molar-refractivity contribution is 5.69. The molecule has 0 fully saturated rings. The topological polar surface area (TPSA) is 74.2 Å². The van der Waals surface area contributed by atoms with Gasteiger partial charge in [-0.25, -0.2) is 4.98 Å². The van der Waals surface area contributed by atoms with Crippen LogP contribution in [-0.4, -0.2) is 18.1 Å². The molecule has 0 radical (unpaired) electrons. The van der Waals surface area contributed by atoms with Crippen LogP contribution in [0.25, 0.3) is 11.3 Å². The van der Waals surface area contributed by atoms with E-state index in [1.807, 2.05) is 38.1 Å². The number of pyridine rings is 1. The van der Waals surface area contributed by atoms with Gasteiger partial charge in [-0.05, 0) is 49.2 Å². The minimum absolute atomic E-state index is 0.511. The highest BCUT2D eigenvalue weighted by Gasteiger charge is 2.09. The third kappa shape index (κ3) is 3.03. The Morgan fingerprint density at radius 1 is 1.16 bits per heavy atom. The average molecular weight is 257 g/mol. The molecule has 2 rings (SSSR count). The third-order valence-corrected chi connectivity index (χ3v) is 2.92. The summed E-state index contributed by atoms with van der Waals surface area (Å²) < 4.78 is 5.56. The second-order valence-corrected chi connectivity index (χ2v) is 4.52. The largest absolute Gasteiger partial charge is 0.492 e. The van der Waals surface area contributed by atoms with Gasteiger partial charge in [0.1, 0.15) is 18.2 Å². The van der Waals surface area contributed by atoms with Gasteiger partial charge in [0.2, 0.25) is 0 Å². The van der Waals surface area contributed by atoms with Crippen molar-refractivity contribution in [3.8, 4) is 17.0 Å². The van der Waals surface area contributed by atoms with Crippen LogP contribution in [0.15, 0.2) is 30.3 Å². The molecule has 4 N–H and O–H groups in total. The Labute approximate surface area is 113 Å². The molecule has 0 aliphatic heterocycles. The third-order valence-electron chi connectivity index (χ3n) is 2.92. The summed E-state index contributed by atoms with van der Waals surface area (Å²) in [5.41, 5.74) is 15.4. The van der Waals surface area contributed by atoms with Crippen molar-refractivity contribution in [3.63, 3.8) is 0 Å². The number of nitrogens with two attached hydrogens (primary N) is 2. The number of ether oxygens (including phenoxy) is 1. The fourth-order valence-electron chi connectivity index (χ4n) is 2.18. The van der Waals surface area contributed by atoms with E-state index in [0.717, 1.165) is 28.1 Å². The number of aryl methyl sites for hydroxylation is 2. The predicted molar refractivity (Wildman–Crippen MR) is 78.1 cm³/mol. The van der Waals surface area contributed by atoms with Gasteiger partial charge in [-0.1, -0.05) is 6.07 Å². The van der Waals surface area contributed by atoms with Crippen LogP contribution in [0, 0.1) is 13.8 Å². The van der Waals surface area contributed by atoms with Gasteiger partial charge in [0.25, 0.3) is 0 Å². The Bertz CT molecular complexity index is 558. The number of hydrogen-bond acceptors (Lipinski definition) is 4. The lowest BCUT2D eigenvalue weighted by molar-refractivity contribution is 0.328. The van der Waals surface area contributed by atoms with Crippen molar-refractivity contribution in [2.24, 2.45) is 5.73 Å². The van der Waals surface area contributed by atoms with E-state index in [0.29, 0.717) is 19.0 Å². The molecular formula is C15H19N3O. The number of nitrogen functional groups attached to an aromatic ring is 1. The summed E-state index contributed by atoms with van der Waals surface area (Å²) in [5, 5.41) is 0. The van der Waals surface area contributed by atoms with Crippen LogP contribution >= 0.6 is 0 Å². The summed E-state index contributed by atoms with van der Waals surface area (Å²) in [5.74, 6) is 1.37. The summed E-state index contributed by atoms with van der Waals surface area (Å²) >= 11 is 0. The Morgan fingerprint density at radius 3 is 2.42 bits per heavy atom. The molecule has 0 bridgehead atoms. The lowest BCUT2D eigenvalue weighted by atomic mass is 9.99. The summed E-state index contributed by atoms with van der Waals surface area (Å²) in [6, 6.07) is 9.67. The molecule has 4 nitrogen and oxygen atoms in total. The molecule has 0 saturated carbocycles. The molecule has 2 aromatic rings. The minimum atomic E-state index is 0.511. The van der Waals surface area contributed by atoms with Crippen molar-refractivity contribution < 1.29 is 4.74 Å². The van der Waals surface area contributed by atoms with Gasteiger partial charge in [-0.15, -0.1) is 0 Å². The van der Waals surface area contributed by atoms with E-state index in [1.54, 1.807) is 6.07 Å². The number of nitrogens with zero attached hydrogens (tertiary/aromatic N) is 1. The zero-order chi connectivity index (χ0) is 13.8. The Kier molecular flexibility index (Phi) is 4.02. The van der Waals surface area contributed by atoms with E-state index in [1.165, 1.54) is 0 Å². The first-order chi connectivity index (χ1) is 9.11. The van der Waals surface area contributed by atoms with Crippen molar-refractivity contribution in [2.75, 3.05) is 18.9 Å². The van der Waals surface area contributed by atoms with Crippen LogP contribution < -0.4 is 16.2 Å². The zero-order valence-corrected chi connectivity index (χ0v) is 11.3. The van der Waals surface area contributed by atoms with E-state index in [9.17, 15) is 0 Å². The quantitative estimate of drug-likeness (QED) is 0.881. The van der Waals surface area contributed by atoms with Crippen LogP contribution in [0.4, 0.5) is 5.82 Å². The molecule has 0 aliphatic carbocycles. The van der Waals surface area contributed by atoms with Gasteiger partial charge in [-0.2, -0.15) is 0 Å². The van der Waals surface area contributed by atoms with E-state index in [2.05, 4.69) is 4.98 Å². The average Bonchev–Trinajstić information content (AvgIpc) is 2.35. The highest BCUT2D eigenvalue weighted by Crippen LogP contribution is 2.30. The van der Waals surface area contributed by atoms with Crippen LogP contribution in [0.2, 0.25) is 0 Å². The maximum Gasteiger partial charge on any atom is 0.124 e. The SMILES string of the molecule is Cc1cc(OCCN)cc(C)c1-c1cccc(N)n1. The van der Waals surface area contributed by atoms with E-state index >= 15 is 0 Å². The van der Waals surface area contributed by atoms with Crippen molar-refractivity contribution >= 4 is 5.82 Å². The molecule has 0 amide bonds. The van der Waals surface area contributed by atoms with Crippen molar-refractivity contribution in [2.45, 2.75) is 13.8 Å². The van der Waals surface area contributed by atoms with Gasteiger partial charge in [0.05, 0.1) is 5.69 Å².